The van der Waals surface area contributed by atoms with Gasteiger partial charge in [-0.2, -0.15) is 0 Å². The summed E-state index contributed by atoms with van der Waals surface area (Å²) in [6, 6.07) is 3.44. The van der Waals surface area contributed by atoms with Gasteiger partial charge in [0.2, 0.25) is 0 Å². The summed E-state index contributed by atoms with van der Waals surface area (Å²) in [6.45, 7) is 0.814. The van der Waals surface area contributed by atoms with Gasteiger partial charge < -0.3 is 10.0 Å². The van der Waals surface area contributed by atoms with E-state index in [0.29, 0.717) is 31.2 Å². The quantitative estimate of drug-likeness (QED) is 0.823. The van der Waals surface area contributed by atoms with Crippen LogP contribution in [0.5, 0.6) is 0 Å². The van der Waals surface area contributed by atoms with Gasteiger partial charge in [0.1, 0.15) is 5.82 Å². The molecule has 2 saturated carbocycles. The number of halogens is 1. The number of likely N-dealkylation sites (tertiary alicyclic amines) is 1. The van der Waals surface area contributed by atoms with E-state index < -0.39 is 11.4 Å². The minimum atomic E-state index is -0.766. The van der Waals surface area contributed by atoms with Gasteiger partial charge in [0.25, 0.3) is 0 Å². The molecule has 2 aliphatic carbocycles. The van der Waals surface area contributed by atoms with Gasteiger partial charge in [-0.1, -0.05) is 6.42 Å². The number of nitrogens with one attached hydrogen (secondary N) is 1. The molecule has 2 amide bonds. The van der Waals surface area contributed by atoms with Gasteiger partial charge in [0.05, 0.1) is 11.1 Å². The summed E-state index contributed by atoms with van der Waals surface area (Å²) in [5, 5.41) is 12.5. The summed E-state index contributed by atoms with van der Waals surface area (Å²) < 4.78 is 0.975. The van der Waals surface area contributed by atoms with Crippen molar-refractivity contribution in [2.45, 2.75) is 38.0 Å². The summed E-state index contributed by atoms with van der Waals surface area (Å²) in [6.07, 6.45) is 4.76. The second-order valence-electron chi connectivity index (χ2n) is 7.20. The zero-order chi connectivity index (χ0) is 16.9. The highest BCUT2D eigenvalue weighted by atomic mass is 79.9. The maximum Gasteiger partial charge on any atom is 0.323 e. The van der Waals surface area contributed by atoms with Crippen LogP contribution in [-0.2, 0) is 4.79 Å². The lowest BCUT2D eigenvalue weighted by Gasteiger charge is -2.23. The number of hydrogen-bond acceptors (Lipinski definition) is 3. The van der Waals surface area contributed by atoms with Gasteiger partial charge in [-0.3, -0.25) is 10.1 Å². The van der Waals surface area contributed by atoms with Crippen LogP contribution in [0.15, 0.2) is 16.6 Å². The molecular formula is C17H20BrN3O3. The van der Waals surface area contributed by atoms with E-state index >= 15 is 0 Å². The Bertz CT molecular complexity index is 706. The molecule has 0 unspecified atom stereocenters. The number of amides is 2. The molecule has 1 aromatic rings. The third-order valence-corrected chi connectivity index (χ3v) is 6.33. The second-order valence-corrected chi connectivity index (χ2v) is 8.05. The van der Waals surface area contributed by atoms with Gasteiger partial charge in [0.15, 0.2) is 0 Å². The maximum absolute atomic E-state index is 12.6. The summed E-state index contributed by atoms with van der Waals surface area (Å²) in [5.74, 6) is 0.322. The van der Waals surface area contributed by atoms with E-state index in [-0.39, 0.29) is 11.9 Å². The number of fused-ring (bicyclic) bond motifs is 1. The number of carboxylic acid groups (broad SMARTS) is 1. The van der Waals surface area contributed by atoms with Crippen molar-refractivity contribution in [2.24, 2.45) is 11.3 Å². The summed E-state index contributed by atoms with van der Waals surface area (Å²) in [5.41, 5.74) is 0.247. The topological polar surface area (TPSA) is 82.5 Å². The molecule has 0 aromatic carbocycles. The lowest BCUT2D eigenvalue weighted by atomic mass is 9.81. The number of carboxylic acids is 1. The largest absolute Gasteiger partial charge is 0.481 e. The molecule has 128 valence electrons. The number of pyridine rings is 1. The van der Waals surface area contributed by atoms with Crippen LogP contribution in [-0.4, -0.2) is 40.1 Å². The lowest BCUT2D eigenvalue weighted by Crippen LogP contribution is -2.38. The first-order chi connectivity index (χ1) is 11.5. The molecule has 4 rings (SSSR count). The summed E-state index contributed by atoms with van der Waals surface area (Å²) in [4.78, 5) is 30.5. The van der Waals surface area contributed by atoms with E-state index in [1.807, 2.05) is 6.07 Å². The first-order valence-electron chi connectivity index (χ1n) is 8.45. The summed E-state index contributed by atoms with van der Waals surface area (Å²) in [7, 11) is 0. The molecule has 2 atom stereocenters. The first kappa shape index (κ1) is 15.9. The van der Waals surface area contributed by atoms with Crippen molar-refractivity contribution in [1.29, 1.82) is 0 Å². The lowest BCUT2D eigenvalue weighted by molar-refractivity contribution is -0.149. The minimum absolute atomic E-state index is 0.0700. The normalized spacial score (nSPS) is 28.7. The number of aromatic nitrogens is 1. The minimum Gasteiger partial charge on any atom is -0.481 e. The van der Waals surface area contributed by atoms with E-state index in [0.717, 1.165) is 35.8 Å². The molecular weight excluding hydrogens is 374 g/mol. The van der Waals surface area contributed by atoms with Gasteiger partial charge in [0, 0.05) is 23.5 Å². The smallest absolute Gasteiger partial charge is 0.323 e. The Balaban J connectivity index is 1.48. The molecule has 3 aliphatic rings. The molecule has 24 heavy (non-hydrogen) atoms. The molecule has 2 heterocycles. The van der Waals surface area contributed by atoms with Crippen molar-refractivity contribution >= 4 is 33.7 Å². The SMILES string of the molecule is O=C(Nc1ccc(Br)c(C2CC2)n1)N1C[C@@H]2CCC[C@@]2(C(=O)O)C1. The van der Waals surface area contributed by atoms with Crippen molar-refractivity contribution in [3.63, 3.8) is 0 Å². The van der Waals surface area contributed by atoms with Crippen molar-refractivity contribution in [1.82, 2.24) is 9.88 Å². The number of nitrogens with zero attached hydrogens (tertiary/aromatic N) is 2. The van der Waals surface area contributed by atoms with Crippen LogP contribution in [0, 0.1) is 11.3 Å². The molecule has 1 saturated heterocycles. The Morgan fingerprint density at radius 2 is 2.12 bits per heavy atom. The van der Waals surface area contributed by atoms with E-state index in [1.54, 1.807) is 11.0 Å². The van der Waals surface area contributed by atoms with Crippen molar-refractivity contribution < 1.29 is 14.7 Å². The van der Waals surface area contributed by atoms with Gasteiger partial charge in [-0.05, 0) is 59.7 Å². The Labute approximate surface area is 148 Å². The Morgan fingerprint density at radius 3 is 2.79 bits per heavy atom. The second kappa shape index (κ2) is 5.72. The molecule has 6 nitrogen and oxygen atoms in total. The Hall–Kier alpha value is -1.63. The average molecular weight is 394 g/mol. The average Bonchev–Trinajstić information content (AvgIpc) is 3.18. The van der Waals surface area contributed by atoms with Gasteiger partial charge in [-0.15, -0.1) is 0 Å². The van der Waals surface area contributed by atoms with E-state index in [9.17, 15) is 14.7 Å². The van der Waals surface area contributed by atoms with E-state index in [2.05, 4.69) is 26.2 Å². The van der Waals surface area contributed by atoms with E-state index in [1.165, 1.54) is 0 Å². The third kappa shape index (κ3) is 2.59. The number of carbonyl (C=O) groups is 2. The number of carbonyl (C=O) groups excluding carboxylic acids is 1. The number of urea groups is 1. The summed E-state index contributed by atoms with van der Waals surface area (Å²) >= 11 is 3.51. The Kier molecular flexibility index (Phi) is 3.78. The standard InChI is InChI=1S/C17H20BrN3O3/c18-12-5-6-13(19-14(12)10-3-4-10)20-16(24)21-8-11-2-1-7-17(11,9-21)15(22)23/h5-6,10-11H,1-4,7-9H2,(H,22,23)(H,19,20,24)/t11-,17+/m0/s1. The maximum atomic E-state index is 12.6. The van der Waals surface area contributed by atoms with Crippen LogP contribution in [0.4, 0.5) is 10.6 Å². The molecule has 1 aromatic heterocycles. The third-order valence-electron chi connectivity index (χ3n) is 5.66. The monoisotopic (exact) mass is 393 g/mol. The van der Waals surface area contributed by atoms with Gasteiger partial charge in [-0.25, -0.2) is 9.78 Å². The zero-order valence-corrected chi connectivity index (χ0v) is 14.9. The fraction of sp³-hybridized carbons (Fsp3) is 0.588. The molecule has 3 fully saturated rings. The van der Waals surface area contributed by atoms with Crippen LogP contribution in [0.2, 0.25) is 0 Å². The zero-order valence-electron chi connectivity index (χ0n) is 13.3. The predicted molar refractivity (Wildman–Crippen MR) is 91.9 cm³/mol. The molecule has 1 aliphatic heterocycles. The van der Waals surface area contributed by atoms with Gasteiger partial charge >= 0.3 is 12.0 Å². The fourth-order valence-electron chi connectivity index (χ4n) is 4.15. The van der Waals surface area contributed by atoms with Crippen LogP contribution < -0.4 is 5.32 Å². The molecule has 0 spiro atoms. The predicted octanol–water partition coefficient (Wildman–Crippen LogP) is 3.44. The van der Waals surface area contributed by atoms with Crippen molar-refractivity contribution in [3.8, 4) is 0 Å². The van der Waals surface area contributed by atoms with Crippen LogP contribution in [0.1, 0.15) is 43.7 Å². The highest BCUT2D eigenvalue weighted by molar-refractivity contribution is 9.10. The van der Waals surface area contributed by atoms with Crippen LogP contribution in [0.25, 0.3) is 0 Å². The van der Waals surface area contributed by atoms with Crippen LogP contribution in [0.3, 0.4) is 0 Å². The van der Waals surface area contributed by atoms with Crippen molar-refractivity contribution in [3.05, 3.63) is 22.3 Å². The number of aliphatic carboxylic acids is 1. The number of rotatable bonds is 3. The number of anilines is 1. The van der Waals surface area contributed by atoms with E-state index in [4.69, 9.17) is 0 Å². The highest BCUT2D eigenvalue weighted by Crippen LogP contribution is 2.49. The molecule has 2 N–H and O–H groups in total. The Morgan fingerprint density at radius 1 is 1.33 bits per heavy atom. The molecule has 7 heteroatoms. The highest BCUT2D eigenvalue weighted by Gasteiger charge is 2.55. The molecule has 0 bridgehead atoms. The first-order valence-corrected chi connectivity index (χ1v) is 9.25. The molecule has 0 radical (unpaired) electrons. The van der Waals surface area contributed by atoms with Crippen molar-refractivity contribution in [2.75, 3.05) is 18.4 Å². The fourth-order valence-corrected chi connectivity index (χ4v) is 4.70. The van der Waals surface area contributed by atoms with Crippen LogP contribution >= 0.6 is 15.9 Å². The number of hydrogen-bond donors (Lipinski definition) is 2.